The monoisotopic (exact) mass is 551 g/mol. The van der Waals surface area contributed by atoms with Crippen LogP contribution < -0.4 is 16.4 Å². The Morgan fingerprint density at radius 2 is 2.03 bits per heavy atom. The normalized spacial score (nSPS) is 28.2. The number of aliphatic hydroxyl groups excluding tert-OH is 2. The summed E-state index contributed by atoms with van der Waals surface area (Å²) < 4.78 is 2.78. The molecule has 188 valence electrons. The van der Waals surface area contributed by atoms with Gasteiger partial charge in [-0.05, 0) is 66.4 Å². The molecule has 2 fully saturated rings. The van der Waals surface area contributed by atoms with Crippen LogP contribution in [0.15, 0.2) is 47.3 Å². The van der Waals surface area contributed by atoms with Gasteiger partial charge in [0.2, 0.25) is 0 Å². The van der Waals surface area contributed by atoms with Crippen LogP contribution in [0, 0.1) is 5.41 Å². The van der Waals surface area contributed by atoms with Gasteiger partial charge >= 0.3 is 0 Å². The SMILES string of the molecule is CC(C)Nc1ncnc2c1ccn2[C@@H]1C[C@@]2(CN[C@H](c3ccc4cc(Br)c(N)nc4c3)C2)[C@@H](O)[C@H]1O. The smallest absolute Gasteiger partial charge is 0.145 e. The number of benzene rings is 1. The van der Waals surface area contributed by atoms with Crippen molar-refractivity contribution in [3.63, 3.8) is 0 Å². The minimum Gasteiger partial charge on any atom is -0.390 e. The number of anilines is 2. The molecule has 1 aliphatic carbocycles. The summed E-state index contributed by atoms with van der Waals surface area (Å²) in [5, 5.41) is 31.4. The minimum absolute atomic E-state index is 0.0484. The molecule has 5 atom stereocenters. The molecular formula is C26H30BrN7O2. The maximum atomic E-state index is 11.3. The van der Waals surface area contributed by atoms with Crippen molar-refractivity contribution in [1.82, 2.24) is 24.8 Å². The molecule has 6 N–H and O–H groups in total. The third-order valence-electron chi connectivity index (χ3n) is 7.79. The summed E-state index contributed by atoms with van der Waals surface area (Å²) in [6.45, 7) is 4.75. The number of nitrogens with zero attached hydrogens (tertiary/aromatic N) is 4. The van der Waals surface area contributed by atoms with E-state index in [1.54, 1.807) is 6.33 Å². The summed E-state index contributed by atoms with van der Waals surface area (Å²) in [4.78, 5) is 13.4. The molecule has 3 aromatic heterocycles. The number of hydrogen-bond donors (Lipinski definition) is 5. The number of rotatable bonds is 4. The van der Waals surface area contributed by atoms with Gasteiger partial charge in [-0.2, -0.15) is 0 Å². The summed E-state index contributed by atoms with van der Waals surface area (Å²) >= 11 is 3.44. The van der Waals surface area contributed by atoms with Crippen LogP contribution in [0.4, 0.5) is 11.6 Å². The van der Waals surface area contributed by atoms with Crippen LogP contribution in [0.5, 0.6) is 0 Å². The molecule has 0 unspecified atom stereocenters. The predicted molar refractivity (Wildman–Crippen MR) is 144 cm³/mol. The number of aromatic nitrogens is 4. The maximum Gasteiger partial charge on any atom is 0.145 e. The Labute approximate surface area is 217 Å². The lowest BCUT2D eigenvalue weighted by atomic mass is 9.80. The standard InChI is InChI=1S/C26H30BrN7O2/c1-13(2)32-24-16-5-6-34(25(16)31-12-30-24)20-10-26(22(36)21(20)35)9-19(29-11-26)15-4-3-14-7-17(27)23(28)33-18(14)8-15/h3-8,12-13,19-22,29,35-36H,9-11H2,1-2H3,(H2,28,33)(H,30,31,32)/t19-,20+,21-,22-,26-/m0/s1. The van der Waals surface area contributed by atoms with Crippen LogP contribution in [-0.2, 0) is 0 Å². The van der Waals surface area contributed by atoms with Crippen LogP contribution >= 0.6 is 15.9 Å². The second-order valence-corrected chi connectivity index (χ2v) is 11.4. The van der Waals surface area contributed by atoms with Crippen LogP contribution in [0.25, 0.3) is 21.9 Å². The lowest BCUT2D eigenvalue weighted by Crippen LogP contribution is -2.38. The second-order valence-electron chi connectivity index (χ2n) is 10.5. The van der Waals surface area contributed by atoms with Crippen molar-refractivity contribution in [1.29, 1.82) is 0 Å². The number of nitrogens with one attached hydrogen (secondary N) is 2. The zero-order chi connectivity index (χ0) is 25.2. The Balaban J connectivity index is 1.28. The van der Waals surface area contributed by atoms with Gasteiger partial charge in [0.25, 0.3) is 0 Å². The maximum absolute atomic E-state index is 11.3. The molecule has 1 aliphatic heterocycles. The van der Waals surface area contributed by atoms with E-state index in [2.05, 4.69) is 67.5 Å². The number of pyridine rings is 1. The highest BCUT2D eigenvalue weighted by molar-refractivity contribution is 9.10. The van der Waals surface area contributed by atoms with Gasteiger partial charge in [0, 0.05) is 35.6 Å². The van der Waals surface area contributed by atoms with E-state index in [4.69, 9.17) is 5.73 Å². The Bertz CT molecular complexity index is 1460. The summed E-state index contributed by atoms with van der Waals surface area (Å²) in [6, 6.07) is 10.2. The van der Waals surface area contributed by atoms with Gasteiger partial charge in [-0.1, -0.05) is 12.1 Å². The first-order valence-electron chi connectivity index (χ1n) is 12.3. The van der Waals surface area contributed by atoms with E-state index in [0.29, 0.717) is 25.2 Å². The molecular weight excluding hydrogens is 522 g/mol. The van der Waals surface area contributed by atoms with Crippen molar-refractivity contribution in [2.45, 2.75) is 57.0 Å². The van der Waals surface area contributed by atoms with E-state index in [1.807, 2.05) is 29.0 Å². The Kier molecular flexibility index (Phi) is 5.67. The van der Waals surface area contributed by atoms with Crippen LogP contribution in [-0.4, -0.2) is 54.5 Å². The molecule has 1 saturated carbocycles. The number of fused-ring (bicyclic) bond motifs is 2. The fourth-order valence-corrected chi connectivity index (χ4v) is 6.34. The number of nitrogen functional groups attached to an aromatic ring is 1. The Morgan fingerprint density at radius 1 is 1.19 bits per heavy atom. The molecule has 36 heavy (non-hydrogen) atoms. The highest BCUT2D eigenvalue weighted by Gasteiger charge is 2.56. The van der Waals surface area contributed by atoms with Gasteiger partial charge < -0.3 is 31.1 Å². The molecule has 6 rings (SSSR count). The molecule has 9 nitrogen and oxygen atoms in total. The van der Waals surface area contributed by atoms with Crippen molar-refractivity contribution in [3.8, 4) is 0 Å². The first kappa shape index (κ1) is 23.6. The van der Waals surface area contributed by atoms with Crippen LogP contribution in [0.2, 0.25) is 0 Å². The topological polar surface area (TPSA) is 134 Å². The van der Waals surface area contributed by atoms with Crippen molar-refractivity contribution < 1.29 is 10.2 Å². The third-order valence-corrected chi connectivity index (χ3v) is 8.42. The van der Waals surface area contributed by atoms with Crippen molar-refractivity contribution in [3.05, 3.63) is 52.9 Å². The van der Waals surface area contributed by atoms with Crippen LogP contribution in [0.1, 0.15) is 44.3 Å². The van der Waals surface area contributed by atoms with Gasteiger partial charge in [0.05, 0.1) is 27.5 Å². The van der Waals surface area contributed by atoms with E-state index in [-0.39, 0.29) is 18.1 Å². The summed E-state index contributed by atoms with van der Waals surface area (Å²) in [7, 11) is 0. The Hall–Kier alpha value is -2.79. The molecule has 1 aromatic carbocycles. The molecule has 1 spiro atoms. The molecule has 0 amide bonds. The third kappa shape index (κ3) is 3.75. The van der Waals surface area contributed by atoms with Gasteiger partial charge in [0.15, 0.2) is 0 Å². The van der Waals surface area contributed by atoms with Gasteiger partial charge in [-0.3, -0.25) is 0 Å². The molecule has 0 radical (unpaired) electrons. The Morgan fingerprint density at radius 3 is 2.83 bits per heavy atom. The number of hydrogen-bond acceptors (Lipinski definition) is 8. The molecule has 0 bridgehead atoms. The lowest BCUT2D eigenvalue weighted by molar-refractivity contribution is -0.0218. The molecule has 4 aromatic rings. The average Bonchev–Trinajstić information content (AvgIpc) is 3.53. The number of aliphatic hydroxyl groups is 2. The zero-order valence-electron chi connectivity index (χ0n) is 20.2. The minimum atomic E-state index is -0.895. The lowest BCUT2D eigenvalue weighted by Gasteiger charge is -2.27. The van der Waals surface area contributed by atoms with E-state index >= 15 is 0 Å². The molecule has 2 aliphatic rings. The van der Waals surface area contributed by atoms with Crippen LogP contribution in [0.3, 0.4) is 0 Å². The second kappa shape index (κ2) is 8.65. The zero-order valence-corrected chi connectivity index (χ0v) is 21.8. The predicted octanol–water partition coefficient (Wildman–Crippen LogP) is 3.53. The number of halogens is 1. The van der Waals surface area contributed by atoms with E-state index in [1.165, 1.54) is 0 Å². The molecule has 10 heteroatoms. The number of nitrogens with two attached hydrogens (primary N) is 1. The molecule has 1 saturated heterocycles. The summed E-state index contributed by atoms with van der Waals surface area (Å²) in [5.74, 6) is 1.24. The van der Waals surface area contributed by atoms with E-state index < -0.39 is 17.6 Å². The van der Waals surface area contributed by atoms with E-state index in [0.717, 1.165) is 37.8 Å². The van der Waals surface area contributed by atoms with Gasteiger partial charge in [-0.25, -0.2) is 15.0 Å². The fraction of sp³-hybridized carbons (Fsp3) is 0.423. The fourth-order valence-electron chi connectivity index (χ4n) is 6.00. The largest absolute Gasteiger partial charge is 0.390 e. The van der Waals surface area contributed by atoms with E-state index in [9.17, 15) is 10.2 Å². The highest BCUT2D eigenvalue weighted by atomic mass is 79.9. The van der Waals surface area contributed by atoms with Crippen molar-refractivity contribution >= 4 is 49.5 Å². The van der Waals surface area contributed by atoms with Gasteiger partial charge in [-0.15, -0.1) is 0 Å². The highest BCUT2D eigenvalue weighted by Crippen LogP contribution is 2.53. The van der Waals surface area contributed by atoms with Gasteiger partial charge in [0.1, 0.15) is 29.7 Å². The first-order chi connectivity index (χ1) is 17.3. The first-order valence-corrected chi connectivity index (χ1v) is 13.1. The summed E-state index contributed by atoms with van der Waals surface area (Å²) in [5.41, 5.74) is 8.25. The van der Waals surface area contributed by atoms with Crippen molar-refractivity contribution in [2.24, 2.45) is 5.41 Å². The average molecular weight is 552 g/mol. The summed E-state index contributed by atoms with van der Waals surface area (Å²) in [6.07, 6.45) is 3.11. The van der Waals surface area contributed by atoms with Crippen molar-refractivity contribution in [2.75, 3.05) is 17.6 Å². The quantitative estimate of drug-likeness (QED) is 0.260. The molecule has 4 heterocycles.